The maximum Gasteiger partial charge on any atom is 0.586 e. The number of hydrogen-bond acceptors (Lipinski definition) is 3. The minimum atomic E-state index is -3.64. The number of alkyl halides is 2. The van der Waals surface area contributed by atoms with Gasteiger partial charge in [-0.25, -0.2) is 0 Å². The van der Waals surface area contributed by atoms with Crippen LogP contribution in [0.1, 0.15) is 19.3 Å². The molecule has 2 aliphatic rings. The monoisotopic (exact) mass is 281 g/mol. The van der Waals surface area contributed by atoms with E-state index >= 15 is 0 Å². The zero-order valence-corrected chi connectivity index (χ0v) is 10.6. The molecular formula is C14H13F2NO3. The van der Waals surface area contributed by atoms with Crippen LogP contribution in [-0.2, 0) is 4.79 Å². The smallest absolute Gasteiger partial charge is 0.395 e. The second-order valence-electron chi connectivity index (χ2n) is 4.85. The van der Waals surface area contributed by atoms with Gasteiger partial charge in [-0.3, -0.25) is 4.79 Å². The van der Waals surface area contributed by atoms with Gasteiger partial charge >= 0.3 is 6.29 Å². The van der Waals surface area contributed by atoms with E-state index in [9.17, 15) is 13.6 Å². The van der Waals surface area contributed by atoms with Crippen molar-refractivity contribution in [1.82, 2.24) is 0 Å². The molecule has 4 nitrogen and oxygen atoms in total. The van der Waals surface area contributed by atoms with E-state index in [1.807, 2.05) is 6.08 Å². The van der Waals surface area contributed by atoms with Crippen molar-refractivity contribution in [2.24, 2.45) is 5.92 Å². The molecule has 1 aromatic rings. The molecule has 0 radical (unpaired) electrons. The number of carbonyl (C=O) groups excluding carboxylic acids is 1. The van der Waals surface area contributed by atoms with Gasteiger partial charge in [0.1, 0.15) is 0 Å². The zero-order valence-electron chi connectivity index (χ0n) is 10.6. The fraction of sp³-hybridized carbons (Fsp3) is 0.357. The molecule has 0 spiro atoms. The van der Waals surface area contributed by atoms with E-state index in [1.165, 1.54) is 18.2 Å². The van der Waals surface area contributed by atoms with Gasteiger partial charge in [-0.2, -0.15) is 0 Å². The Morgan fingerprint density at radius 1 is 1.35 bits per heavy atom. The highest BCUT2D eigenvalue weighted by molar-refractivity contribution is 5.91. The predicted octanol–water partition coefficient (Wildman–Crippen LogP) is 3.30. The summed E-state index contributed by atoms with van der Waals surface area (Å²) >= 11 is 0. The van der Waals surface area contributed by atoms with Crippen LogP contribution in [0.4, 0.5) is 14.5 Å². The number of allylic oxidation sites excluding steroid dienone is 2. The van der Waals surface area contributed by atoms with Crippen LogP contribution in [0.15, 0.2) is 30.4 Å². The van der Waals surface area contributed by atoms with E-state index in [2.05, 4.69) is 20.9 Å². The van der Waals surface area contributed by atoms with Crippen molar-refractivity contribution in [2.75, 3.05) is 5.32 Å². The number of fused-ring (bicyclic) bond motifs is 1. The summed E-state index contributed by atoms with van der Waals surface area (Å²) in [5.41, 5.74) is 0.414. The maximum absolute atomic E-state index is 12.9. The van der Waals surface area contributed by atoms with Crippen LogP contribution in [0.5, 0.6) is 11.5 Å². The molecule has 106 valence electrons. The van der Waals surface area contributed by atoms with E-state index in [-0.39, 0.29) is 23.3 Å². The Labute approximate surface area is 114 Å². The van der Waals surface area contributed by atoms with Crippen LogP contribution >= 0.6 is 0 Å². The first-order valence-corrected chi connectivity index (χ1v) is 6.38. The number of ether oxygens (including phenoxy) is 2. The summed E-state index contributed by atoms with van der Waals surface area (Å²) in [6, 6.07) is 4.19. The minimum Gasteiger partial charge on any atom is -0.395 e. The van der Waals surface area contributed by atoms with Crippen LogP contribution in [-0.4, -0.2) is 12.2 Å². The van der Waals surface area contributed by atoms with Gasteiger partial charge in [-0.15, -0.1) is 8.78 Å². The first kappa shape index (κ1) is 12.9. The number of amides is 1. The summed E-state index contributed by atoms with van der Waals surface area (Å²) in [6.45, 7) is 0. The molecule has 0 fully saturated rings. The van der Waals surface area contributed by atoms with Gasteiger partial charge in [-0.1, -0.05) is 12.2 Å². The topological polar surface area (TPSA) is 47.6 Å². The van der Waals surface area contributed by atoms with Gasteiger partial charge in [-0.05, 0) is 30.9 Å². The minimum absolute atomic E-state index is 0.0354. The van der Waals surface area contributed by atoms with Crippen LogP contribution in [0.3, 0.4) is 0 Å². The molecule has 1 heterocycles. The molecule has 0 saturated carbocycles. The van der Waals surface area contributed by atoms with E-state index in [0.717, 1.165) is 12.8 Å². The first-order valence-electron chi connectivity index (χ1n) is 6.38. The molecule has 0 bridgehead atoms. The summed E-state index contributed by atoms with van der Waals surface area (Å²) in [7, 11) is 0. The Kier molecular flexibility index (Phi) is 3.08. The number of hydrogen-bond donors (Lipinski definition) is 1. The van der Waals surface area contributed by atoms with Crippen molar-refractivity contribution in [3.05, 3.63) is 30.4 Å². The van der Waals surface area contributed by atoms with E-state index < -0.39 is 6.29 Å². The molecule has 20 heavy (non-hydrogen) atoms. The van der Waals surface area contributed by atoms with Crippen molar-refractivity contribution in [1.29, 1.82) is 0 Å². The third kappa shape index (κ3) is 2.74. The average molecular weight is 281 g/mol. The van der Waals surface area contributed by atoms with Crippen LogP contribution < -0.4 is 14.8 Å². The van der Waals surface area contributed by atoms with Gasteiger partial charge in [0, 0.05) is 18.2 Å². The molecule has 1 N–H and O–H groups in total. The normalized spacial score (nSPS) is 22.0. The average Bonchev–Trinajstić information content (AvgIpc) is 2.94. The third-order valence-corrected chi connectivity index (χ3v) is 3.24. The molecule has 0 unspecified atom stereocenters. The molecule has 1 aliphatic heterocycles. The van der Waals surface area contributed by atoms with Gasteiger partial charge < -0.3 is 14.8 Å². The lowest BCUT2D eigenvalue weighted by atomic mass is 10.1. The van der Waals surface area contributed by atoms with Gasteiger partial charge in [0.25, 0.3) is 0 Å². The second kappa shape index (κ2) is 4.77. The first-order chi connectivity index (χ1) is 9.52. The van der Waals surface area contributed by atoms with Crippen LogP contribution in [0.25, 0.3) is 0 Å². The highest BCUT2D eigenvalue weighted by atomic mass is 19.3. The van der Waals surface area contributed by atoms with E-state index in [1.54, 1.807) is 0 Å². The lowest BCUT2D eigenvalue weighted by molar-refractivity contribution is -0.286. The fourth-order valence-corrected chi connectivity index (χ4v) is 2.34. The van der Waals surface area contributed by atoms with Gasteiger partial charge in [0.2, 0.25) is 5.91 Å². The number of nitrogens with one attached hydrogen (secondary N) is 1. The van der Waals surface area contributed by atoms with Gasteiger partial charge in [0.15, 0.2) is 11.5 Å². The molecule has 3 rings (SSSR count). The zero-order chi connectivity index (χ0) is 14.2. The number of anilines is 1. The fourth-order valence-electron chi connectivity index (χ4n) is 2.34. The molecule has 1 aliphatic carbocycles. The standard InChI is InChI=1S/C14H13F2NO3/c15-14(16)19-11-6-5-10(8-12(11)20-14)17-13(18)7-9-3-1-2-4-9/h1,3,5-6,8-9H,2,4,7H2,(H,17,18)/t9-/m1/s1. The summed E-state index contributed by atoms with van der Waals surface area (Å²) in [4.78, 5) is 11.8. The highest BCUT2D eigenvalue weighted by Gasteiger charge is 2.43. The predicted molar refractivity (Wildman–Crippen MR) is 67.8 cm³/mol. The van der Waals surface area contributed by atoms with E-state index in [0.29, 0.717) is 12.1 Å². The van der Waals surface area contributed by atoms with Gasteiger partial charge in [0.05, 0.1) is 0 Å². The molecule has 1 atom stereocenters. The Bertz CT molecular complexity index is 572. The number of halogens is 2. The van der Waals surface area contributed by atoms with Crippen molar-refractivity contribution in [3.63, 3.8) is 0 Å². The molecule has 0 aromatic heterocycles. The summed E-state index contributed by atoms with van der Waals surface area (Å²) < 4.78 is 34.3. The molecule has 1 aromatic carbocycles. The molecule has 1 amide bonds. The SMILES string of the molecule is O=C(C[C@@H]1C=CCC1)Nc1ccc2c(c1)OC(F)(F)O2. The number of rotatable bonds is 3. The number of carbonyl (C=O) groups is 1. The molecule has 0 saturated heterocycles. The number of benzene rings is 1. The lowest BCUT2D eigenvalue weighted by Gasteiger charge is -2.09. The Hall–Kier alpha value is -2.11. The molecular weight excluding hydrogens is 268 g/mol. The summed E-state index contributed by atoms with van der Waals surface area (Å²) in [6.07, 6.45) is 2.80. The second-order valence-corrected chi connectivity index (χ2v) is 4.85. The Morgan fingerprint density at radius 3 is 2.90 bits per heavy atom. The van der Waals surface area contributed by atoms with Crippen LogP contribution in [0, 0.1) is 5.92 Å². The quantitative estimate of drug-likeness (QED) is 0.865. The summed E-state index contributed by atoms with van der Waals surface area (Å²) in [5.74, 6) is 0.000747. The van der Waals surface area contributed by atoms with Crippen molar-refractivity contribution in [2.45, 2.75) is 25.6 Å². The molecule has 6 heteroatoms. The Balaban J connectivity index is 1.64. The Morgan fingerprint density at radius 2 is 2.15 bits per heavy atom. The van der Waals surface area contributed by atoms with Crippen LogP contribution in [0.2, 0.25) is 0 Å². The highest BCUT2D eigenvalue weighted by Crippen LogP contribution is 2.42. The van der Waals surface area contributed by atoms with Crippen molar-refractivity contribution >= 4 is 11.6 Å². The van der Waals surface area contributed by atoms with E-state index in [4.69, 9.17) is 0 Å². The third-order valence-electron chi connectivity index (χ3n) is 3.24. The lowest BCUT2D eigenvalue weighted by Crippen LogP contribution is -2.25. The largest absolute Gasteiger partial charge is 0.586 e. The van der Waals surface area contributed by atoms with Crippen molar-refractivity contribution in [3.8, 4) is 11.5 Å². The summed E-state index contributed by atoms with van der Waals surface area (Å²) in [5, 5.41) is 2.67. The van der Waals surface area contributed by atoms with Crippen molar-refractivity contribution < 1.29 is 23.0 Å². The maximum atomic E-state index is 12.9.